The van der Waals surface area contributed by atoms with Crippen molar-refractivity contribution in [3.05, 3.63) is 294 Å². The number of pyridine rings is 4. The molecule has 7 aromatic heterocycles. The van der Waals surface area contributed by atoms with E-state index in [-0.39, 0.29) is 77.0 Å². The second-order valence-electron chi connectivity index (χ2n) is 36.5. The van der Waals surface area contributed by atoms with E-state index in [1.807, 2.05) is 111 Å². The quantitative estimate of drug-likeness (QED) is 0.0362. The minimum atomic E-state index is -3.80. The van der Waals surface area contributed by atoms with E-state index in [2.05, 4.69) is 139 Å². The number of nitrogens with one attached hydrogen (secondary N) is 1. The van der Waals surface area contributed by atoms with Crippen LogP contribution in [0.5, 0.6) is 0 Å². The second-order valence-corrected chi connectivity index (χ2v) is 49.8. The van der Waals surface area contributed by atoms with E-state index in [4.69, 9.17) is 129 Å². The van der Waals surface area contributed by atoms with Crippen LogP contribution in [0.25, 0.3) is 55.0 Å². The second kappa shape index (κ2) is 51.3. The molecule has 7 aromatic carbocycles. The molecular formula is C103H111BBr2Cl9F2N15O10S4. The fraction of sp³-hybridized carbons (Fsp3) is 0.340. The number of sulfone groups is 3. The van der Waals surface area contributed by atoms with Gasteiger partial charge in [-0.25, -0.2) is 68.6 Å². The zero-order chi connectivity index (χ0) is 107. The molecule has 0 amide bonds. The van der Waals surface area contributed by atoms with Crippen molar-refractivity contribution in [3.8, 4) is 22.3 Å². The highest BCUT2D eigenvalue weighted by molar-refractivity contribution is 9.10. The Morgan fingerprint density at radius 1 is 0.432 bits per heavy atom. The normalized spacial score (nSPS) is 16.1. The maximum atomic E-state index is 13.5. The number of aryl methyl sites for hydroxylation is 7. The molecule has 0 unspecified atom stereocenters. The topological polar surface area (TPSA) is 354 Å². The van der Waals surface area contributed by atoms with E-state index in [1.165, 1.54) is 93.4 Å². The van der Waals surface area contributed by atoms with Crippen LogP contribution in [0.2, 0.25) is 40.2 Å². The Morgan fingerprint density at radius 3 is 1.14 bits per heavy atom. The van der Waals surface area contributed by atoms with Crippen molar-refractivity contribution < 1.29 is 51.8 Å². The summed E-state index contributed by atoms with van der Waals surface area (Å²) in [5, 5.41) is 6.84. The van der Waals surface area contributed by atoms with Crippen LogP contribution in [-0.4, -0.2) is 164 Å². The Bertz CT molecular complexity index is 7590. The molecule has 0 atom stereocenters. The largest absolute Gasteiger partial charge is 0.494 e. The molecule has 0 radical (unpaired) electrons. The zero-order valence-electron chi connectivity index (χ0n) is 82.7. The SMILES string of the molecule is CCc1cc(-c2ccc(CS(=O)(=O)c3cccc(Cl)c3Cl)nc2C)cc2cnc(F)nc12.CCc1cc(-c2ccc(CS(=O)(=O)c3cccc(Cl)c3Cl)nc2C)cc2cnc(NC3CCC(N(C)C)CC3)nc12.CCc1cc(B2OC(C)(C)C(C)(C)O2)cc2cnc(F)nc12.CN(C)C1CCC(N)CC1.Cc1nc(CS(=O)(=O)c2cccc(Cl)c2Cl)ccc1Br.Cc1nc(N)ccc1Br.O=S(=O)(Cl)c1cccc(Cl)c1Cl. The number of nitrogens with zero attached hydrogens (tertiary/aromatic N) is 12. The predicted octanol–water partition coefficient (Wildman–Crippen LogP) is 25.6. The summed E-state index contributed by atoms with van der Waals surface area (Å²) in [7, 11) is -1.61. The molecule has 3 fully saturated rings. The number of hydrogen-bond acceptors (Lipinski definition) is 25. The first-order valence-corrected chi connectivity index (χ1v) is 58.2. The van der Waals surface area contributed by atoms with E-state index in [0.717, 1.165) is 124 Å². The van der Waals surface area contributed by atoms with Crippen LogP contribution in [0.3, 0.4) is 0 Å². The molecule has 0 spiro atoms. The van der Waals surface area contributed by atoms with Crippen LogP contribution in [-0.2, 0) is 84.4 Å². The third-order valence-corrected chi connectivity index (χ3v) is 36.9. The molecule has 146 heavy (non-hydrogen) atoms. The smallest absolute Gasteiger partial charge is 0.399 e. The van der Waals surface area contributed by atoms with Crippen molar-refractivity contribution in [1.82, 2.24) is 59.6 Å². The van der Waals surface area contributed by atoms with Crippen molar-refractivity contribution in [3.63, 3.8) is 0 Å². The van der Waals surface area contributed by atoms with Gasteiger partial charge in [-0.15, -0.1) is 0 Å². The Labute approximate surface area is 914 Å². The predicted molar refractivity (Wildman–Crippen MR) is 595 cm³/mol. The van der Waals surface area contributed by atoms with Gasteiger partial charge in [-0.3, -0.25) is 15.0 Å². The van der Waals surface area contributed by atoms with Gasteiger partial charge in [0.15, 0.2) is 29.5 Å². The summed E-state index contributed by atoms with van der Waals surface area (Å²) >= 11 is 53.9. The van der Waals surface area contributed by atoms with E-state index in [9.17, 15) is 42.5 Å². The maximum absolute atomic E-state index is 13.5. The van der Waals surface area contributed by atoms with E-state index < -0.39 is 69.0 Å². The summed E-state index contributed by atoms with van der Waals surface area (Å²) in [4.78, 5) is 46.6. The van der Waals surface area contributed by atoms with Gasteiger partial charge in [-0.1, -0.05) is 162 Å². The van der Waals surface area contributed by atoms with Crippen LogP contribution >= 0.6 is 135 Å². The maximum Gasteiger partial charge on any atom is 0.494 e. The Hall–Kier alpha value is -8.15. The molecule has 14 aromatic rings. The molecular weight excluding hydrogens is 2260 g/mol. The van der Waals surface area contributed by atoms with Crippen molar-refractivity contribution in [2.75, 3.05) is 39.2 Å². The van der Waals surface area contributed by atoms with Crippen LogP contribution in [0.4, 0.5) is 20.5 Å². The van der Waals surface area contributed by atoms with Gasteiger partial charge in [0.2, 0.25) is 5.95 Å². The molecule has 3 aliphatic rings. The van der Waals surface area contributed by atoms with E-state index in [1.54, 1.807) is 67.6 Å². The van der Waals surface area contributed by atoms with Crippen molar-refractivity contribution in [2.24, 2.45) is 5.73 Å². The average Bonchev–Trinajstić information content (AvgIpc) is 1.55. The number of anilines is 2. The molecule has 25 nitrogen and oxygen atoms in total. The van der Waals surface area contributed by atoms with Gasteiger partial charge in [0.05, 0.1) is 128 Å². The van der Waals surface area contributed by atoms with Gasteiger partial charge in [-0.05, 0) is 329 Å². The van der Waals surface area contributed by atoms with Crippen LogP contribution in [0.15, 0.2) is 205 Å². The minimum Gasteiger partial charge on any atom is -0.399 e. The molecule has 2 aliphatic carbocycles. The summed E-state index contributed by atoms with van der Waals surface area (Å²) < 4.78 is 139. The molecule has 1 aliphatic heterocycles. The summed E-state index contributed by atoms with van der Waals surface area (Å²) in [6.07, 6.45) is 15.2. The van der Waals surface area contributed by atoms with Gasteiger partial charge in [0.25, 0.3) is 9.05 Å². The Kier molecular flexibility index (Phi) is 41.5. The lowest BCUT2D eigenvalue weighted by molar-refractivity contribution is 0.00578. The highest BCUT2D eigenvalue weighted by atomic mass is 79.9. The highest BCUT2D eigenvalue weighted by Gasteiger charge is 2.52. The standard InChI is InChI=1S/C31H35Cl2N5O2S.C23H18Cl2FN3O2S.C16H20BFN2O2.C13H10BrCl2NO2S.C8H18N2.C6H7BrN2.C6H3Cl3O2S/c1-5-20-15-21(16-22-17-34-31(37-30(20)22)36-23-9-12-25(13-10-23)38(3)4)26-14-11-24(35-19(26)2)18-41(39,40)28-8-6-7-27(32)29(28)33;1-3-14-9-15(10-16-11-27-23(26)29-22(14)16)18-8-7-17(28-13(18)2)12-32(30,31)20-6-4-5-19(24)21(20)25;1-6-10-7-12(8-11-9-19-14(18)20-13(10)11)17-21-15(2,3)16(4,5)22-17;1-8-10(14)6-5-9(17-8)7-20(18,19)12-4-2-3-11(15)13(12)16;1-10(2)8-5-3-7(9)4-6-8;1-4-5(7)2-3-6(8)9-4;7-4-2-1-3-5(6(4)8)12(9,10)11/h6-8,11,14-17,23,25H,5,9-10,12-13,18H2,1-4H3,(H,34,36,37);4-11H,3,12H2,1-2H3;7-9H,6H2,1-5H3;2-6H,7H2,1H3;7-8H,3-6,9H2,1-2H3;2-3H,1H3,(H2,8,9);1-3H. The molecule has 5 N–H and O–H groups in total. The summed E-state index contributed by atoms with van der Waals surface area (Å²) in [6, 6.07) is 46.4. The number of nitrogen functional groups attached to an aromatic ring is 1. The number of benzene rings is 7. The molecule has 776 valence electrons. The number of hydrogen-bond donors (Lipinski definition) is 3. The lowest BCUT2D eigenvalue weighted by Crippen LogP contribution is -2.41. The van der Waals surface area contributed by atoms with Crippen LogP contribution < -0.4 is 22.2 Å². The minimum absolute atomic E-state index is 0.00410. The number of aromatic nitrogens is 10. The van der Waals surface area contributed by atoms with Gasteiger partial charge in [0.1, 0.15) is 10.7 Å². The van der Waals surface area contributed by atoms with Crippen LogP contribution in [0.1, 0.15) is 156 Å². The summed E-state index contributed by atoms with van der Waals surface area (Å²) in [6.45, 7) is 21.6. The molecule has 0 bridgehead atoms. The number of fused-ring (bicyclic) bond motifs is 3. The summed E-state index contributed by atoms with van der Waals surface area (Å²) in [5.74, 6) is 0.444. The fourth-order valence-electron chi connectivity index (χ4n) is 16.4. The molecule has 2 saturated carbocycles. The first-order chi connectivity index (χ1) is 68.6. The van der Waals surface area contributed by atoms with Crippen molar-refractivity contribution in [2.45, 2.75) is 219 Å². The first kappa shape index (κ1) is 118. The first-order valence-electron chi connectivity index (χ1n) is 46.4. The molecule has 43 heteroatoms. The molecule has 1 saturated heterocycles. The van der Waals surface area contributed by atoms with Crippen LogP contribution in [0, 0.1) is 39.9 Å². The van der Waals surface area contributed by atoms with E-state index in [0.29, 0.717) is 70.1 Å². The lowest BCUT2D eigenvalue weighted by atomic mass is 9.77. The van der Waals surface area contributed by atoms with Crippen molar-refractivity contribution in [1.29, 1.82) is 0 Å². The van der Waals surface area contributed by atoms with Gasteiger partial charge >= 0.3 is 19.3 Å². The molecule has 17 rings (SSSR count). The number of rotatable bonds is 20. The Balaban J connectivity index is 0.000000172. The zero-order valence-corrected chi connectivity index (χ0v) is 95.9. The number of nitrogens with two attached hydrogens (primary N) is 2. The Morgan fingerprint density at radius 2 is 0.774 bits per heavy atom. The van der Waals surface area contributed by atoms with Gasteiger partial charge < -0.3 is 35.9 Å². The summed E-state index contributed by atoms with van der Waals surface area (Å²) in [5.41, 5.74) is 24.5. The third kappa shape index (κ3) is 30.9. The van der Waals surface area contributed by atoms with Gasteiger partial charge in [0, 0.05) is 101 Å². The van der Waals surface area contributed by atoms with E-state index >= 15 is 0 Å². The highest BCUT2D eigenvalue weighted by Crippen LogP contribution is 2.41. The van der Waals surface area contributed by atoms with Crippen molar-refractivity contribution >= 4 is 231 Å². The number of halogens is 13. The molecule has 8 heterocycles. The van der Waals surface area contributed by atoms with Gasteiger partial charge in [-0.2, -0.15) is 8.78 Å². The monoisotopic (exact) mass is 2370 g/mol. The lowest BCUT2D eigenvalue weighted by Gasteiger charge is -2.33. The fourth-order valence-corrected chi connectivity index (χ4v) is 24.8. The third-order valence-electron chi connectivity index (χ3n) is 25.1. The average molecular weight is 2380 g/mol.